The maximum absolute atomic E-state index is 11.4. The molecule has 0 aliphatic carbocycles. The molecule has 1 amide bonds. The van der Waals surface area contributed by atoms with Crippen LogP contribution < -0.4 is 10.6 Å². The van der Waals surface area contributed by atoms with Gasteiger partial charge >= 0.3 is 11.8 Å². The van der Waals surface area contributed by atoms with Crippen molar-refractivity contribution >= 4 is 33.8 Å². The van der Waals surface area contributed by atoms with Crippen LogP contribution in [-0.4, -0.2) is 57.2 Å². The fourth-order valence-corrected chi connectivity index (χ4v) is 2.97. The summed E-state index contributed by atoms with van der Waals surface area (Å²) >= 11 is 0. The molecule has 3 heterocycles. The van der Waals surface area contributed by atoms with Crippen LogP contribution in [0, 0.1) is 0 Å². The van der Waals surface area contributed by atoms with Crippen LogP contribution in [-0.2, 0) is 0 Å². The normalized spacial score (nSPS) is 15.5. The smallest absolute Gasteiger partial charge is 0.407 e. The van der Waals surface area contributed by atoms with Crippen LogP contribution in [0.1, 0.15) is 0 Å². The molecule has 3 aromatic rings. The molecule has 3 N–H and O–H groups in total. The van der Waals surface area contributed by atoms with Crippen molar-refractivity contribution < 1.29 is 9.90 Å². The predicted molar refractivity (Wildman–Crippen MR) is 86.0 cm³/mol. The maximum atomic E-state index is 11.4. The van der Waals surface area contributed by atoms with Crippen LogP contribution in [0.5, 0.6) is 0 Å². The number of aromatic amines is 2. The second-order valence-electron chi connectivity index (χ2n) is 5.60. The van der Waals surface area contributed by atoms with Gasteiger partial charge in [0.2, 0.25) is 0 Å². The van der Waals surface area contributed by atoms with Gasteiger partial charge in [-0.15, -0.1) is 0 Å². The Morgan fingerprint density at radius 2 is 1.91 bits per heavy atom. The van der Waals surface area contributed by atoms with Gasteiger partial charge in [0.1, 0.15) is 0 Å². The van der Waals surface area contributed by atoms with Crippen LogP contribution in [0.15, 0.2) is 29.1 Å². The Hall–Kier alpha value is -3.03. The zero-order valence-electron chi connectivity index (χ0n) is 12.2. The van der Waals surface area contributed by atoms with E-state index in [-0.39, 0.29) is 5.69 Å². The molecule has 1 saturated heterocycles. The molecule has 0 unspecified atom stereocenters. The van der Waals surface area contributed by atoms with E-state index in [0.29, 0.717) is 37.3 Å². The summed E-state index contributed by atoms with van der Waals surface area (Å²) < 4.78 is 0. The van der Waals surface area contributed by atoms with Gasteiger partial charge in [-0.05, 0) is 24.3 Å². The number of H-pyrrole nitrogens is 2. The average Bonchev–Trinajstić information content (AvgIpc) is 2.91. The third-order valence-electron chi connectivity index (χ3n) is 4.19. The summed E-state index contributed by atoms with van der Waals surface area (Å²) in [5.74, 6) is 0. The number of imidazole rings is 1. The number of nitrogens with one attached hydrogen (secondary N) is 2. The number of amides is 1. The fourth-order valence-electron chi connectivity index (χ4n) is 2.97. The van der Waals surface area contributed by atoms with E-state index in [1.165, 1.54) is 4.90 Å². The Morgan fingerprint density at radius 1 is 1.13 bits per heavy atom. The van der Waals surface area contributed by atoms with Gasteiger partial charge in [0.25, 0.3) is 0 Å². The van der Waals surface area contributed by atoms with Crippen molar-refractivity contribution in [2.45, 2.75) is 0 Å². The summed E-state index contributed by atoms with van der Waals surface area (Å²) in [4.78, 5) is 35.7. The first-order chi connectivity index (χ1) is 11.1. The lowest BCUT2D eigenvalue weighted by Gasteiger charge is -2.34. The van der Waals surface area contributed by atoms with E-state index in [4.69, 9.17) is 5.11 Å². The molecule has 1 aromatic carbocycles. The Kier molecular flexibility index (Phi) is 2.97. The average molecular weight is 313 g/mol. The zero-order chi connectivity index (χ0) is 16.0. The van der Waals surface area contributed by atoms with Crippen LogP contribution in [0.3, 0.4) is 0 Å². The number of benzene rings is 1. The Bertz CT molecular complexity index is 953. The predicted octanol–water partition coefficient (Wildman–Crippen LogP) is 1.20. The monoisotopic (exact) mass is 313 g/mol. The van der Waals surface area contributed by atoms with E-state index in [9.17, 15) is 9.59 Å². The number of nitrogens with zero attached hydrogens (tertiary/aromatic N) is 3. The number of aromatic nitrogens is 3. The number of pyridine rings is 1. The summed E-state index contributed by atoms with van der Waals surface area (Å²) in [5, 5.41) is 9.94. The molecule has 1 fully saturated rings. The molecule has 8 nitrogen and oxygen atoms in total. The van der Waals surface area contributed by atoms with E-state index in [1.807, 2.05) is 24.3 Å². The molecule has 23 heavy (non-hydrogen) atoms. The van der Waals surface area contributed by atoms with Crippen LogP contribution in [0.2, 0.25) is 0 Å². The molecule has 1 aliphatic heterocycles. The number of rotatable bonds is 1. The first-order valence-electron chi connectivity index (χ1n) is 7.36. The largest absolute Gasteiger partial charge is 0.465 e. The van der Waals surface area contributed by atoms with Crippen molar-refractivity contribution in [1.82, 2.24) is 19.9 Å². The van der Waals surface area contributed by atoms with E-state index >= 15 is 0 Å². The quantitative estimate of drug-likeness (QED) is 0.626. The lowest BCUT2D eigenvalue weighted by Crippen LogP contribution is -2.48. The molecule has 0 atom stereocenters. The number of fused-ring (bicyclic) bond motifs is 2. The van der Waals surface area contributed by atoms with Gasteiger partial charge in [-0.25, -0.2) is 14.6 Å². The van der Waals surface area contributed by atoms with Crippen molar-refractivity contribution in [3.8, 4) is 0 Å². The van der Waals surface area contributed by atoms with E-state index in [2.05, 4.69) is 19.9 Å². The number of carboxylic acid groups (broad SMARTS) is 1. The molecule has 0 bridgehead atoms. The number of anilines is 1. The standard InChI is InChI=1S/C15H15N5O3/c21-14-17-12-8-9-7-10(1-2-11(9)16-13(12)18-14)19-3-5-20(6-4-19)15(22)23/h1-2,7-8H,3-6H2,(H,22,23)(H2,16,17,18,21). The summed E-state index contributed by atoms with van der Waals surface area (Å²) in [6.07, 6.45) is -0.869. The lowest BCUT2D eigenvalue weighted by atomic mass is 10.1. The van der Waals surface area contributed by atoms with Gasteiger partial charge in [-0.1, -0.05) is 0 Å². The Balaban J connectivity index is 1.67. The first-order valence-corrected chi connectivity index (χ1v) is 7.36. The minimum absolute atomic E-state index is 0.271. The van der Waals surface area contributed by atoms with Gasteiger partial charge < -0.3 is 19.9 Å². The fraction of sp³-hybridized carbons (Fsp3) is 0.267. The highest BCUT2D eigenvalue weighted by Gasteiger charge is 2.20. The third-order valence-corrected chi connectivity index (χ3v) is 4.19. The molecule has 118 valence electrons. The number of carbonyl (C=O) groups is 1. The second-order valence-corrected chi connectivity index (χ2v) is 5.60. The highest BCUT2D eigenvalue weighted by Crippen LogP contribution is 2.24. The SMILES string of the molecule is O=C(O)N1CCN(c2ccc3nc4[nH]c(=O)[nH]c4cc3c2)CC1. The Morgan fingerprint density at radius 3 is 2.65 bits per heavy atom. The van der Waals surface area contributed by atoms with Crippen LogP contribution in [0.4, 0.5) is 10.5 Å². The van der Waals surface area contributed by atoms with E-state index in [0.717, 1.165) is 16.6 Å². The Labute approximate surface area is 130 Å². The number of hydrogen-bond donors (Lipinski definition) is 3. The molecule has 4 rings (SSSR count). The summed E-state index contributed by atoms with van der Waals surface area (Å²) in [7, 11) is 0. The van der Waals surface area contributed by atoms with Gasteiger partial charge in [-0.2, -0.15) is 0 Å². The first kappa shape index (κ1) is 13.6. The van der Waals surface area contributed by atoms with E-state index < -0.39 is 6.09 Å². The minimum atomic E-state index is -0.869. The van der Waals surface area contributed by atoms with Crippen molar-refractivity contribution in [3.05, 3.63) is 34.7 Å². The van der Waals surface area contributed by atoms with Gasteiger partial charge in [0.15, 0.2) is 5.65 Å². The third kappa shape index (κ3) is 2.37. The second kappa shape index (κ2) is 5.01. The van der Waals surface area contributed by atoms with Crippen LogP contribution in [0.25, 0.3) is 22.1 Å². The molecule has 0 saturated carbocycles. The van der Waals surface area contributed by atoms with Gasteiger partial charge in [-0.3, -0.25) is 4.98 Å². The van der Waals surface area contributed by atoms with Crippen molar-refractivity contribution in [2.24, 2.45) is 0 Å². The van der Waals surface area contributed by atoms with Crippen molar-refractivity contribution in [1.29, 1.82) is 0 Å². The molecule has 2 aromatic heterocycles. The minimum Gasteiger partial charge on any atom is -0.465 e. The molecule has 1 aliphatic rings. The zero-order valence-corrected chi connectivity index (χ0v) is 12.2. The van der Waals surface area contributed by atoms with Crippen molar-refractivity contribution in [3.63, 3.8) is 0 Å². The van der Waals surface area contributed by atoms with E-state index in [1.54, 1.807) is 0 Å². The number of hydrogen-bond acceptors (Lipinski definition) is 4. The summed E-state index contributed by atoms with van der Waals surface area (Å²) in [6, 6.07) is 7.80. The summed E-state index contributed by atoms with van der Waals surface area (Å²) in [6.45, 7) is 2.31. The van der Waals surface area contributed by atoms with Gasteiger partial charge in [0, 0.05) is 37.3 Å². The molecular weight excluding hydrogens is 298 g/mol. The molecule has 8 heteroatoms. The van der Waals surface area contributed by atoms with Crippen molar-refractivity contribution in [2.75, 3.05) is 31.1 Å². The molecule has 0 spiro atoms. The van der Waals surface area contributed by atoms with Gasteiger partial charge in [0.05, 0.1) is 11.0 Å². The van der Waals surface area contributed by atoms with Crippen LogP contribution >= 0.6 is 0 Å². The highest BCUT2D eigenvalue weighted by molar-refractivity contribution is 5.91. The molecule has 0 radical (unpaired) electrons. The summed E-state index contributed by atoms with van der Waals surface area (Å²) in [5.41, 5.74) is 2.79. The maximum Gasteiger partial charge on any atom is 0.407 e. The topological polar surface area (TPSA) is 105 Å². The number of piperazine rings is 1. The molecular formula is C15H15N5O3. The lowest BCUT2D eigenvalue weighted by molar-refractivity contribution is 0.142. The highest BCUT2D eigenvalue weighted by atomic mass is 16.4.